The lowest BCUT2D eigenvalue weighted by atomic mass is 10.2. The van der Waals surface area contributed by atoms with Crippen LogP contribution in [0.4, 0.5) is 11.8 Å². The van der Waals surface area contributed by atoms with Crippen LogP contribution in [0.25, 0.3) is 11.3 Å². The first-order valence-electron chi connectivity index (χ1n) is 8.68. The van der Waals surface area contributed by atoms with Gasteiger partial charge in [-0.25, -0.2) is 4.98 Å². The zero-order valence-electron chi connectivity index (χ0n) is 14.9. The fourth-order valence-corrected chi connectivity index (χ4v) is 2.65. The average Bonchev–Trinajstić information content (AvgIpc) is 2.68. The second-order valence-electron chi connectivity index (χ2n) is 6.13. The SMILES string of the molecule is CC[C@H](C)Nc1nc(NCc2ccc(Br)cc2)cc(-c2ccncc2)n1. The third-order valence-corrected chi connectivity index (χ3v) is 4.61. The summed E-state index contributed by atoms with van der Waals surface area (Å²) in [5.41, 5.74) is 3.07. The van der Waals surface area contributed by atoms with E-state index in [0.717, 1.165) is 28.0 Å². The lowest BCUT2D eigenvalue weighted by Gasteiger charge is -2.14. The van der Waals surface area contributed by atoms with Gasteiger partial charge < -0.3 is 10.6 Å². The number of hydrogen-bond acceptors (Lipinski definition) is 5. The van der Waals surface area contributed by atoms with Gasteiger partial charge >= 0.3 is 0 Å². The van der Waals surface area contributed by atoms with Crippen molar-refractivity contribution in [2.24, 2.45) is 0 Å². The minimum atomic E-state index is 0.307. The van der Waals surface area contributed by atoms with Crippen LogP contribution in [0.2, 0.25) is 0 Å². The van der Waals surface area contributed by atoms with Crippen molar-refractivity contribution in [3.8, 4) is 11.3 Å². The summed E-state index contributed by atoms with van der Waals surface area (Å²) in [5.74, 6) is 1.42. The van der Waals surface area contributed by atoms with Crippen LogP contribution in [0.1, 0.15) is 25.8 Å². The van der Waals surface area contributed by atoms with E-state index in [4.69, 9.17) is 0 Å². The molecule has 0 unspecified atom stereocenters. The van der Waals surface area contributed by atoms with E-state index in [-0.39, 0.29) is 0 Å². The van der Waals surface area contributed by atoms with Gasteiger partial charge in [0.2, 0.25) is 5.95 Å². The van der Waals surface area contributed by atoms with Crippen molar-refractivity contribution >= 4 is 27.7 Å². The van der Waals surface area contributed by atoms with Crippen LogP contribution in [0.3, 0.4) is 0 Å². The van der Waals surface area contributed by atoms with E-state index < -0.39 is 0 Å². The Balaban J connectivity index is 1.85. The molecule has 3 rings (SSSR count). The van der Waals surface area contributed by atoms with Crippen LogP contribution in [-0.2, 0) is 6.54 Å². The van der Waals surface area contributed by atoms with Crippen molar-refractivity contribution in [3.05, 3.63) is 64.9 Å². The van der Waals surface area contributed by atoms with Crippen molar-refractivity contribution in [2.45, 2.75) is 32.9 Å². The Kier molecular flexibility index (Phi) is 6.17. The first-order valence-corrected chi connectivity index (χ1v) is 9.47. The lowest BCUT2D eigenvalue weighted by molar-refractivity contribution is 0.753. The Hall–Kier alpha value is -2.47. The Morgan fingerprint density at radius 2 is 1.77 bits per heavy atom. The van der Waals surface area contributed by atoms with Crippen molar-refractivity contribution in [3.63, 3.8) is 0 Å². The molecule has 5 nitrogen and oxygen atoms in total. The molecule has 134 valence electrons. The minimum Gasteiger partial charge on any atom is -0.366 e. The van der Waals surface area contributed by atoms with E-state index in [1.165, 1.54) is 5.56 Å². The minimum absolute atomic E-state index is 0.307. The molecule has 1 aromatic carbocycles. The normalized spacial score (nSPS) is 11.8. The zero-order valence-corrected chi connectivity index (χ0v) is 16.5. The molecule has 0 aliphatic rings. The van der Waals surface area contributed by atoms with Crippen LogP contribution in [0, 0.1) is 0 Å². The molecule has 2 heterocycles. The van der Waals surface area contributed by atoms with E-state index in [1.807, 2.05) is 30.3 Å². The van der Waals surface area contributed by atoms with E-state index in [2.05, 4.69) is 67.5 Å². The molecule has 1 atom stereocenters. The summed E-state index contributed by atoms with van der Waals surface area (Å²) in [7, 11) is 0. The molecule has 0 bridgehead atoms. The number of nitrogens with zero attached hydrogens (tertiary/aromatic N) is 3. The van der Waals surface area contributed by atoms with Gasteiger partial charge in [0.05, 0.1) is 5.69 Å². The highest BCUT2D eigenvalue weighted by molar-refractivity contribution is 9.10. The average molecular weight is 412 g/mol. The number of benzene rings is 1. The van der Waals surface area contributed by atoms with Gasteiger partial charge in [-0.3, -0.25) is 4.98 Å². The summed E-state index contributed by atoms with van der Waals surface area (Å²) < 4.78 is 1.07. The number of anilines is 2. The molecule has 0 amide bonds. The van der Waals surface area contributed by atoms with Crippen LogP contribution in [0.5, 0.6) is 0 Å². The van der Waals surface area contributed by atoms with Gasteiger partial charge in [0.25, 0.3) is 0 Å². The van der Waals surface area contributed by atoms with Crippen molar-refractivity contribution in [1.29, 1.82) is 0 Å². The van der Waals surface area contributed by atoms with Crippen LogP contribution >= 0.6 is 15.9 Å². The molecule has 0 aliphatic heterocycles. The topological polar surface area (TPSA) is 62.7 Å². The monoisotopic (exact) mass is 411 g/mol. The van der Waals surface area contributed by atoms with Gasteiger partial charge in [-0.15, -0.1) is 0 Å². The van der Waals surface area contributed by atoms with Gasteiger partial charge in [0.15, 0.2) is 0 Å². The standard InChI is InChI=1S/C20H22BrN5/c1-3-14(2)24-20-25-18(16-8-10-22-11-9-16)12-19(26-20)23-13-15-4-6-17(21)7-5-15/h4-12,14H,3,13H2,1-2H3,(H2,23,24,25,26)/t14-/m0/s1. The molecule has 0 spiro atoms. The summed E-state index contributed by atoms with van der Waals surface area (Å²) in [6.07, 6.45) is 4.55. The van der Waals surface area contributed by atoms with Crippen molar-refractivity contribution < 1.29 is 0 Å². The molecule has 2 aromatic heterocycles. The van der Waals surface area contributed by atoms with Crippen LogP contribution in [0.15, 0.2) is 59.3 Å². The van der Waals surface area contributed by atoms with Gasteiger partial charge in [-0.2, -0.15) is 4.98 Å². The van der Waals surface area contributed by atoms with E-state index >= 15 is 0 Å². The summed E-state index contributed by atoms with van der Waals surface area (Å²) >= 11 is 3.46. The second kappa shape index (κ2) is 8.76. The second-order valence-corrected chi connectivity index (χ2v) is 7.05. The summed E-state index contributed by atoms with van der Waals surface area (Å²) in [6.45, 7) is 4.96. The number of hydrogen-bond donors (Lipinski definition) is 2. The molecule has 0 radical (unpaired) electrons. The highest BCUT2D eigenvalue weighted by Gasteiger charge is 2.09. The molecule has 2 N–H and O–H groups in total. The smallest absolute Gasteiger partial charge is 0.225 e. The van der Waals surface area contributed by atoms with Crippen LogP contribution < -0.4 is 10.6 Å². The molecule has 6 heteroatoms. The summed E-state index contributed by atoms with van der Waals surface area (Å²) in [6, 6.07) is 14.4. The quantitative estimate of drug-likeness (QED) is 0.564. The molecular weight excluding hydrogens is 390 g/mol. The molecule has 3 aromatic rings. The Labute approximate surface area is 162 Å². The molecular formula is C20H22BrN5. The molecule has 0 saturated carbocycles. The fourth-order valence-electron chi connectivity index (χ4n) is 2.39. The molecule has 26 heavy (non-hydrogen) atoms. The zero-order chi connectivity index (χ0) is 18.4. The van der Waals surface area contributed by atoms with Gasteiger partial charge in [0.1, 0.15) is 5.82 Å². The number of pyridine rings is 1. The predicted octanol–water partition coefficient (Wildman–Crippen LogP) is 5.12. The lowest BCUT2D eigenvalue weighted by Crippen LogP contribution is -2.16. The van der Waals surface area contributed by atoms with Gasteiger partial charge in [-0.05, 0) is 43.2 Å². The number of nitrogens with one attached hydrogen (secondary N) is 2. The van der Waals surface area contributed by atoms with Crippen molar-refractivity contribution in [2.75, 3.05) is 10.6 Å². The first-order chi connectivity index (χ1) is 12.6. The first kappa shape index (κ1) is 18.3. The Morgan fingerprint density at radius 1 is 1.04 bits per heavy atom. The maximum absolute atomic E-state index is 4.66. The van der Waals surface area contributed by atoms with Crippen LogP contribution in [-0.4, -0.2) is 21.0 Å². The number of aromatic nitrogens is 3. The maximum Gasteiger partial charge on any atom is 0.225 e. The summed E-state index contributed by atoms with van der Waals surface area (Å²) in [4.78, 5) is 13.4. The highest BCUT2D eigenvalue weighted by Crippen LogP contribution is 2.22. The Bertz CT molecular complexity index is 837. The van der Waals surface area contributed by atoms with E-state index in [0.29, 0.717) is 18.5 Å². The molecule has 0 fully saturated rings. The van der Waals surface area contributed by atoms with Gasteiger partial charge in [0, 0.05) is 41.1 Å². The third kappa shape index (κ3) is 5.02. The number of rotatable bonds is 7. The fraction of sp³-hybridized carbons (Fsp3) is 0.250. The summed E-state index contributed by atoms with van der Waals surface area (Å²) in [5, 5.41) is 6.76. The number of halogens is 1. The third-order valence-electron chi connectivity index (χ3n) is 4.08. The highest BCUT2D eigenvalue weighted by atomic mass is 79.9. The van der Waals surface area contributed by atoms with Gasteiger partial charge in [-0.1, -0.05) is 35.0 Å². The molecule has 0 saturated heterocycles. The van der Waals surface area contributed by atoms with E-state index in [9.17, 15) is 0 Å². The molecule has 0 aliphatic carbocycles. The largest absolute Gasteiger partial charge is 0.366 e. The Morgan fingerprint density at radius 3 is 2.46 bits per heavy atom. The van der Waals surface area contributed by atoms with E-state index in [1.54, 1.807) is 12.4 Å². The van der Waals surface area contributed by atoms with Crippen molar-refractivity contribution in [1.82, 2.24) is 15.0 Å². The predicted molar refractivity (Wildman–Crippen MR) is 110 cm³/mol. The maximum atomic E-state index is 4.66.